The van der Waals surface area contributed by atoms with E-state index in [0.29, 0.717) is 50.5 Å². The number of ether oxygens (including phenoxy) is 1. The lowest BCUT2D eigenvalue weighted by Gasteiger charge is -2.41. The van der Waals surface area contributed by atoms with Crippen molar-refractivity contribution in [1.29, 1.82) is 0 Å². The Labute approximate surface area is 236 Å². The number of alkyl halides is 3. The van der Waals surface area contributed by atoms with Crippen LogP contribution in [0.4, 0.5) is 13.2 Å². The fourth-order valence-electron chi connectivity index (χ4n) is 6.82. The van der Waals surface area contributed by atoms with Crippen LogP contribution in [0, 0.1) is 17.8 Å². The molecule has 40 heavy (non-hydrogen) atoms. The van der Waals surface area contributed by atoms with Gasteiger partial charge in [-0.25, -0.2) is 12.7 Å². The smallest absolute Gasteiger partial charge is 0.369 e. The van der Waals surface area contributed by atoms with Crippen molar-refractivity contribution in [2.24, 2.45) is 17.8 Å². The van der Waals surface area contributed by atoms with E-state index >= 15 is 0 Å². The maximum Gasteiger partial charge on any atom is 0.417 e. The minimum absolute atomic E-state index is 0.0113. The minimum Gasteiger partial charge on any atom is -0.369 e. The summed E-state index contributed by atoms with van der Waals surface area (Å²) in [6, 6.07) is 6.01. The van der Waals surface area contributed by atoms with Gasteiger partial charge in [-0.3, -0.25) is 9.69 Å². The Morgan fingerprint density at radius 2 is 1.77 bits per heavy atom. The number of carbonyl (C=O) groups is 1. The van der Waals surface area contributed by atoms with E-state index in [1.165, 1.54) is 5.56 Å². The highest BCUT2D eigenvalue weighted by atomic mass is 32.2. The molecule has 1 amide bonds. The highest BCUT2D eigenvalue weighted by Crippen LogP contribution is 2.47. The molecule has 1 aliphatic carbocycles. The molecule has 1 atom stereocenters. The first-order valence-corrected chi connectivity index (χ1v) is 16.2. The third-order valence-corrected chi connectivity index (χ3v) is 11.2. The molecule has 2 aliphatic heterocycles. The van der Waals surface area contributed by atoms with Crippen molar-refractivity contribution in [2.45, 2.75) is 83.7 Å². The summed E-state index contributed by atoms with van der Waals surface area (Å²) in [5.41, 5.74) is 0.860. The van der Waals surface area contributed by atoms with E-state index in [1.807, 2.05) is 18.2 Å². The Hall–Kier alpha value is -1.69. The molecule has 226 valence electrons. The highest BCUT2D eigenvalue weighted by Gasteiger charge is 2.56. The van der Waals surface area contributed by atoms with Gasteiger partial charge in [0.2, 0.25) is 10.0 Å². The molecule has 2 heterocycles. The standard InChI is InChI=1S/C29H44F3N3O4S/c1-5-40(37,38)35-14-10-21(11-15-35)17-33-27(36)23-6-7-25-24(16-23)19-34(26(25)20(2)3)18-22-8-12-28(39-4,13-9-22)29(30,31)32/h6-7,16,20-22,26H,5,8-15,17-19H2,1-4H3,(H,33,36). The Morgan fingerprint density at radius 3 is 2.33 bits per heavy atom. The van der Waals surface area contributed by atoms with Gasteiger partial charge in [-0.1, -0.05) is 19.9 Å². The third-order valence-electron chi connectivity index (χ3n) is 9.32. The summed E-state index contributed by atoms with van der Waals surface area (Å²) in [6.45, 7) is 8.87. The number of halogens is 3. The van der Waals surface area contributed by atoms with Crippen molar-refractivity contribution in [2.75, 3.05) is 39.0 Å². The number of fused-ring (bicyclic) bond motifs is 1. The van der Waals surface area contributed by atoms with Gasteiger partial charge in [0.05, 0.1) is 5.75 Å². The summed E-state index contributed by atoms with van der Waals surface area (Å²) in [5.74, 6) is 0.700. The first-order chi connectivity index (χ1) is 18.8. The number of carbonyl (C=O) groups excluding carboxylic acids is 1. The van der Waals surface area contributed by atoms with Crippen LogP contribution >= 0.6 is 0 Å². The van der Waals surface area contributed by atoms with Gasteiger partial charge in [0.15, 0.2) is 5.60 Å². The van der Waals surface area contributed by atoms with Crippen LogP contribution in [0.15, 0.2) is 18.2 Å². The average molecular weight is 588 g/mol. The van der Waals surface area contributed by atoms with E-state index in [0.717, 1.165) is 32.1 Å². The van der Waals surface area contributed by atoms with Gasteiger partial charge in [0, 0.05) is 51.4 Å². The number of rotatable bonds is 9. The van der Waals surface area contributed by atoms with Crippen molar-refractivity contribution in [3.63, 3.8) is 0 Å². The van der Waals surface area contributed by atoms with E-state index in [2.05, 4.69) is 24.1 Å². The Kier molecular flexibility index (Phi) is 9.59. The molecule has 1 saturated carbocycles. The Morgan fingerprint density at radius 1 is 1.12 bits per heavy atom. The van der Waals surface area contributed by atoms with Crippen LogP contribution in [0.3, 0.4) is 0 Å². The van der Waals surface area contributed by atoms with E-state index < -0.39 is 21.8 Å². The van der Waals surface area contributed by atoms with Gasteiger partial charge in [-0.2, -0.15) is 13.2 Å². The molecule has 0 radical (unpaired) electrons. The zero-order chi connectivity index (χ0) is 29.3. The van der Waals surface area contributed by atoms with Crippen LogP contribution in [0.2, 0.25) is 0 Å². The van der Waals surface area contributed by atoms with Crippen LogP contribution in [0.25, 0.3) is 0 Å². The molecule has 1 unspecified atom stereocenters. The largest absolute Gasteiger partial charge is 0.417 e. The number of amides is 1. The van der Waals surface area contributed by atoms with Crippen LogP contribution in [0.1, 0.15) is 86.8 Å². The molecule has 0 aromatic heterocycles. The zero-order valence-electron chi connectivity index (χ0n) is 24.1. The Balaban J connectivity index is 1.34. The topological polar surface area (TPSA) is 79.0 Å². The number of hydrogen-bond donors (Lipinski definition) is 1. The van der Waals surface area contributed by atoms with Gasteiger partial charge in [0.25, 0.3) is 5.91 Å². The first-order valence-electron chi connectivity index (χ1n) is 14.5. The normalized spacial score (nSPS) is 27.2. The van der Waals surface area contributed by atoms with E-state index in [1.54, 1.807) is 11.2 Å². The summed E-state index contributed by atoms with van der Waals surface area (Å²) in [7, 11) is -2.01. The van der Waals surface area contributed by atoms with Crippen LogP contribution in [-0.2, 0) is 21.3 Å². The quantitative estimate of drug-likeness (QED) is 0.434. The van der Waals surface area contributed by atoms with Crippen LogP contribution in [0.5, 0.6) is 0 Å². The van der Waals surface area contributed by atoms with Gasteiger partial charge >= 0.3 is 6.18 Å². The van der Waals surface area contributed by atoms with Crippen molar-refractivity contribution in [1.82, 2.24) is 14.5 Å². The van der Waals surface area contributed by atoms with Crippen molar-refractivity contribution in [3.05, 3.63) is 34.9 Å². The number of benzene rings is 1. The monoisotopic (exact) mass is 587 g/mol. The maximum absolute atomic E-state index is 13.6. The molecule has 1 aromatic rings. The van der Waals surface area contributed by atoms with E-state index in [4.69, 9.17) is 4.74 Å². The lowest BCUT2D eigenvalue weighted by atomic mass is 9.77. The summed E-state index contributed by atoms with van der Waals surface area (Å²) in [6.07, 6.45) is -1.98. The second-order valence-electron chi connectivity index (χ2n) is 12.1. The zero-order valence-corrected chi connectivity index (χ0v) is 24.9. The molecule has 1 aromatic carbocycles. The van der Waals surface area contributed by atoms with Gasteiger partial charge in [-0.05, 0) is 86.5 Å². The number of nitrogens with zero attached hydrogens (tertiary/aromatic N) is 2. The van der Waals surface area contributed by atoms with Crippen LogP contribution < -0.4 is 5.32 Å². The molecule has 1 saturated heterocycles. The number of hydrogen-bond acceptors (Lipinski definition) is 5. The molecular weight excluding hydrogens is 543 g/mol. The second-order valence-corrected chi connectivity index (χ2v) is 14.4. The molecule has 0 bridgehead atoms. The molecule has 0 spiro atoms. The summed E-state index contributed by atoms with van der Waals surface area (Å²) < 4.78 is 71.6. The molecule has 7 nitrogen and oxygen atoms in total. The van der Waals surface area contributed by atoms with Crippen molar-refractivity contribution < 1.29 is 31.1 Å². The molecule has 2 fully saturated rings. The number of methoxy groups -OCH3 is 1. The predicted molar refractivity (Wildman–Crippen MR) is 148 cm³/mol. The molecular formula is C29H44F3N3O4S. The number of nitrogens with one attached hydrogen (secondary N) is 1. The minimum atomic E-state index is -4.36. The summed E-state index contributed by atoms with van der Waals surface area (Å²) >= 11 is 0. The van der Waals surface area contributed by atoms with Gasteiger partial charge < -0.3 is 10.1 Å². The third kappa shape index (κ3) is 6.52. The summed E-state index contributed by atoms with van der Waals surface area (Å²) in [5, 5.41) is 3.04. The fraction of sp³-hybridized carbons (Fsp3) is 0.759. The molecule has 4 rings (SSSR count). The number of piperidine rings is 1. The predicted octanol–water partition coefficient (Wildman–Crippen LogP) is 5.13. The maximum atomic E-state index is 13.6. The van der Waals surface area contributed by atoms with Crippen molar-refractivity contribution in [3.8, 4) is 0 Å². The lowest BCUT2D eigenvalue weighted by molar-refractivity contribution is -0.282. The van der Waals surface area contributed by atoms with E-state index in [9.17, 15) is 26.4 Å². The number of sulfonamides is 1. The summed E-state index contributed by atoms with van der Waals surface area (Å²) in [4.78, 5) is 15.4. The second kappa shape index (κ2) is 12.3. The molecule has 3 aliphatic rings. The fourth-order valence-corrected chi connectivity index (χ4v) is 7.95. The van der Waals surface area contributed by atoms with Crippen LogP contribution in [-0.4, -0.2) is 74.3 Å². The molecule has 11 heteroatoms. The Bertz CT molecular complexity index is 1140. The van der Waals surface area contributed by atoms with E-state index in [-0.39, 0.29) is 42.4 Å². The molecule has 1 N–H and O–H groups in total. The average Bonchev–Trinajstić information content (AvgIpc) is 3.29. The highest BCUT2D eigenvalue weighted by molar-refractivity contribution is 7.89. The van der Waals surface area contributed by atoms with Gasteiger partial charge in [-0.15, -0.1) is 0 Å². The van der Waals surface area contributed by atoms with Gasteiger partial charge in [0.1, 0.15) is 0 Å². The first kappa shape index (κ1) is 31.3. The SMILES string of the molecule is CCS(=O)(=O)N1CCC(CNC(=O)c2ccc3c(c2)CN(CC2CCC(OC)(C(F)(F)F)CC2)C3C(C)C)CC1. The lowest BCUT2D eigenvalue weighted by Crippen LogP contribution is -2.50. The van der Waals surface area contributed by atoms with Crippen molar-refractivity contribution >= 4 is 15.9 Å².